The molecular formula is C19H23F3N4O3. The van der Waals surface area contributed by atoms with Crippen molar-refractivity contribution in [1.82, 2.24) is 15.1 Å². The highest BCUT2D eigenvalue weighted by Gasteiger charge is 2.31. The number of aromatic nitrogens is 2. The summed E-state index contributed by atoms with van der Waals surface area (Å²) in [6.07, 6.45) is -1.67. The maximum Gasteiger partial charge on any atom is 0.573 e. The van der Waals surface area contributed by atoms with Crippen molar-refractivity contribution in [2.45, 2.75) is 38.6 Å². The second-order valence-electron chi connectivity index (χ2n) is 6.97. The molecule has 1 fully saturated rings. The predicted octanol–water partition coefficient (Wildman–Crippen LogP) is 3.27. The number of ether oxygens (including phenoxy) is 1. The zero-order valence-corrected chi connectivity index (χ0v) is 15.9. The number of piperidine rings is 1. The molecule has 0 spiro atoms. The average Bonchev–Trinajstić information content (AvgIpc) is 2.65. The van der Waals surface area contributed by atoms with Crippen molar-refractivity contribution in [2.24, 2.45) is 0 Å². The van der Waals surface area contributed by atoms with Gasteiger partial charge in [0.15, 0.2) is 0 Å². The molecule has 158 valence electrons. The Morgan fingerprint density at radius 1 is 1.24 bits per heavy atom. The molecule has 1 aromatic carbocycles. The number of aromatic hydroxyl groups is 1. The van der Waals surface area contributed by atoms with Gasteiger partial charge in [-0.05, 0) is 43.5 Å². The number of aliphatic hydroxyl groups excluding tert-OH is 1. The van der Waals surface area contributed by atoms with E-state index >= 15 is 0 Å². The number of hydrogen-bond donors (Lipinski definition) is 3. The van der Waals surface area contributed by atoms with Crippen LogP contribution in [0.1, 0.15) is 24.8 Å². The van der Waals surface area contributed by atoms with Gasteiger partial charge < -0.3 is 20.3 Å². The number of halogens is 3. The topological polar surface area (TPSA) is 90.7 Å². The molecule has 0 unspecified atom stereocenters. The van der Waals surface area contributed by atoms with E-state index in [-0.39, 0.29) is 24.1 Å². The van der Waals surface area contributed by atoms with Gasteiger partial charge in [-0.15, -0.1) is 23.4 Å². The Morgan fingerprint density at radius 3 is 2.66 bits per heavy atom. The van der Waals surface area contributed by atoms with Crippen LogP contribution < -0.4 is 10.1 Å². The summed E-state index contributed by atoms with van der Waals surface area (Å²) in [5.41, 5.74) is 0.996. The van der Waals surface area contributed by atoms with Crippen molar-refractivity contribution in [2.75, 3.05) is 25.1 Å². The highest BCUT2D eigenvalue weighted by Crippen LogP contribution is 2.36. The minimum absolute atomic E-state index is 0.0174. The Balaban J connectivity index is 1.70. The molecular weight excluding hydrogens is 389 g/mol. The third kappa shape index (κ3) is 5.48. The van der Waals surface area contributed by atoms with Crippen molar-refractivity contribution in [3.05, 3.63) is 29.8 Å². The summed E-state index contributed by atoms with van der Waals surface area (Å²) < 4.78 is 41.0. The number of rotatable bonds is 6. The fourth-order valence-electron chi connectivity index (χ4n) is 3.52. The van der Waals surface area contributed by atoms with Gasteiger partial charge >= 0.3 is 6.36 Å². The fourth-order valence-corrected chi connectivity index (χ4v) is 3.52. The van der Waals surface area contributed by atoms with E-state index < -0.39 is 12.1 Å². The van der Waals surface area contributed by atoms with E-state index in [0.29, 0.717) is 23.6 Å². The van der Waals surface area contributed by atoms with Crippen LogP contribution in [0, 0.1) is 6.92 Å². The van der Waals surface area contributed by atoms with E-state index in [4.69, 9.17) is 0 Å². The van der Waals surface area contributed by atoms with Gasteiger partial charge in [0.2, 0.25) is 0 Å². The third-order valence-corrected chi connectivity index (χ3v) is 4.89. The molecule has 0 radical (unpaired) electrons. The summed E-state index contributed by atoms with van der Waals surface area (Å²) in [6, 6.07) is 5.61. The van der Waals surface area contributed by atoms with Crippen molar-refractivity contribution < 1.29 is 28.1 Å². The predicted molar refractivity (Wildman–Crippen MR) is 100 cm³/mol. The molecule has 0 saturated carbocycles. The number of likely N-dealkylation sites (tertiary alicyclic amines) is 1. The first-order valence-corrected chi connectivity index (χ1v) is 9.29. The summed E-state index contributed by atoms with van der Waals surface area (Å²) in [5, 5.41) is 30.9. The first-order valence-electron chi connectivity index (χ1n) is 9.29. The van der Waals surface area contributed by atoms with Gasteiger partial charge in [0, 0.05) is 30.8 Å². The molecule has 2 aromatic rings. The van der Waals surface area contributed by atoms with Crippen molar-refractivity contribution in [3.8, 4) is 22.8 Å². The molecule has 1 aromatic heterocycles. The van der Waals surface area contributed by atoms with Gasteiger partial charge in [-0.2, -0.15) is 0 Å². The van der Waals surface area contributed by atoms with Gasteiger partial charge in [0.05, 0.1) is 12.4 Å². The average molecular weight is 412 g/mol. The number of anilines is 1. The Labute approximate surface area is 166 Å². The van der Waals surface area contributed by atoms with E-state index in [0.717, 1.165) is 31.9 Å². The Bertz CT molecular complexity index is 807. The summed E-state index contributed by atoms with van der Waals surface area (Å²) in [4.78, 5) is 2.00. The number of hydrogen-bond acceptors (Lipinski definition) is 7. The quantitative estimate of drug-likeness (QED) is 0.671. The zero-order chi connectivity index (χ0) is 21.0. The monoisotopic (exact) mass is 412 g/mol. The molecule has 0 bridgehead atoms. The van der Waals surface area contributed by atoms with Crippen LogP contribution >= 0.6 is 0 Å². The highest BCUT2D eigenvalue weighted by atomic mass is 19.4. The minimum Gasteiger partial charge on any atom is -0.507 e. The molecule has 29 heavy (non-hydrogen) atoms. The highest BCUT2D eigenvalue weighted by molar-refractivity contribution is 5.72. The van der Waals surface area contributed by atoms with Crippen molar-refractivity contribution >= 4 is 5.82 Å². The van der Waals surface area contributed by atoms with Crippen LogP contribution in [0.2, 0.25) is 0 Å². The van der Waals surface area contributed by atoms with Crippen LogP contribution in [-0.2, 0) is 0 Å². The molecule has 0 aliphatic carbocycles. The molecule has 0 amide bonds. The van der Waals surface area contributed by atoms with E-state index in [1.807, 2.05) is 4.90 Å². The number of benzene rings is 1. The Kier molecular flexibility index (Phi) is 6.43. The van der Waals surface area contributed by atoms with Gasteiger partial charge in [0.25, 0.3) is 0 Å². The molecule has 1 aliphatic rings. The molecule has 7 nitrogen and oxygen atoms in total. The fraction of sp³-hybridized carbons (Fsp3) is 0.474. The van der Waals surface area contributed by atoms with E-state index in [1.165, 1.54) is 6.07 Å². The summed E-state index contributed by atoms with van der Waals surface area (Å²) in [7, 11) is 0. The van der Waals surface area contributed by atoms with E-state index in [2.05, 4.69) is 20.3 Å². The zero-order valence-electron chi connectivity index (χ0n) is 15.9. The van der Waals surface area contributed by atoms with Gasteiger partial charge in [-0.25, -0.2) is 0 Å². The number of phenolic OH excluding ortho intramolecular Hbond substituents is 1. The first-order chi connectivity index (χ1) is 13.8. The maximum absolute atomic E-state index is 12.4. The van der Waals surface area contributed by atoms with Crippen molar-refractivity contribution in [1.29, 1.82) is 0 Å². The lowest BCUT2D eigenvalue weighted by Gasteiger charge is -2.34. The minimum atomic E-state index is -4.84. The molecule has 1 atom stereocenters. The lowest BCUT2D eigenvalue weighted by atomic mass is 10.0. The largest absolute Gasteiger partial charge is 0.573 e. The third-order valence-electron chi connectivity index (χ3n) is 4.89. The summed E-state index contributed by atoms with van der Waals surface area (Å²) >= 11 is 0. The van der Waals surface area contributed by atoms with Crippen LogP contribution in [0.3, 0.4) is 0 Å². The second-order valence-corrected chi connectivity index (χ2v) is 6.97. The standard InChI is InChI=1S/C19H23F3N4O3/c1-12-8-14(29-19(20,21)22)9-16(28)18(12)15-5-6-17(25-24-15)23-10-13-4-2-3-7-26(13)11-27/h5-6,8-9,13,27-28H,2-4,7,10-11H2,1H3,(H,23,25)/t13-/m0/s1. The Morgan fingerprint density at radius 2 is 2.03 bits per heavy atom. The second kappa shape index (κ2) is 8.83. The molecule has 10 heteroatoms. The van der Waals surface area contributed by atoms with Gasteiger partial charge in [-0.1, -0.05) is 6.42 Å². The normalized spacial score (nSPS) is 17.9. The number of aryl methyl sites for hydroxylation is 1. The number of aliphatic hydroxyl groups is 1. The number of phenols is 1. The van der Waals surface area contributed by atoms with Crippen molar-refractivity contribution in [3.63, 3.8) is 0 Å². The maximum atomic E-state index is 12.4. The number of nitrogens with zero attached hydrogens (tertiary/aromatic N) is 3. The van der Waals surface area contributed by atoms with E-state index in [9.17, 15) is 23.4 Å². The lowest BCUT2D eigenvalue weighted by Crippen LogP contribution is -2.44. The lowest BCUT2D eigenvalue weighted by molar-refractivity contribution is -0.274. The molecule has 2 heterocycles. The first kappa shape index (κ1) is 21.1. The SMILES string of the molecule is Cc1cc(OC(F)(F)F)cc(O)c1-c1ccc(NC[C@@H]2CCCCN2CO)nn1. The smallest absolute Gasteiger partial charge is 0.507 e. The number of alkyl halides is 3. The summed E-state index contributed by atoms with van der Waals surface area (Å²) in [6.45, 7) is 3.05. The Hall–Kier alpha value is -2.59. The molecule has 1 saturated heterocycles. The van der Waals surface area contributed by atoms with Gasteiger partial charge in [0.1, 0.15) is 17.3 Å². The van der Waals surface area contributed by atoms with Crippen LogP contribution in [0.25, 0.3) is 11.3 Å². The van der Waals surface area contributed by atoms with Gasteiger partial charge in [-0.3, -0.25) is 4.90 Å². The summed E-state index contributed by atoms with van der Waals surface area (Å²) in [5.74, 6) is -0.338. The van der Waals surface area contributed by atoms with Crippen LogP contribution in [-0.4, -0.2) is 57.5 Å². The molecule has 3 rings (SSSR count). The van der Waals surface area contributed by atoms with Crippen LogP contribution in [0.4, 0.5) is 19.0 Å². The van der Waals surface area contributed by atoms with Crippen LogP contribution in [0.15, 0.2) is 24.3 Å². The van der Waals surface area contributed by atoms with Crippen LogP contribution in [0.5, 0.6) is 11.5 Å². The number of nitrogens with one attached hydrogen (secondary N) is 1. The van der Waals surface area contributed by atoms with E-state index in [1.54, 1.807) is 19.1 Å². The molecule has 1 aliphatic heterocycles. The molecule has 3 N–H and O–H groups in total.